The molecule has 0 radical (unpaired) electrons. The largest absolute Gasteiger partial charge is 0.394 e. The van der Waals surface area contributed by atoms with Crippen LogP contribution in [0.3, 0.4) is 0 Å². The Morgan fingerprint density at radius 1 is 1.35 bits per heavy atom. The Labute approximate surface area is 118 Å². The summed E-state index contributed by atoms with van der Waals surface area (Å²) in [6.07, 6.45) is -0.992. The second kappa shape index (κ2) is 8.20. The first-order valence-corrected chi connectivity index (χ1v) is 7.44. The van der Waals surface area contributed by atoms with E-state index in [4.69, 9.17) is 4.74 Å². The van der Waals surface area contributed by atoms with Crippen molar-refractivity contribution in [3.63, 3.8) is 0 Å². The third-order valence-electron chi connectivity index (χ3n) is 4.13. The summed E-state index contributed by atoms with van der Waals surface area (Å²) in [5.74, 6) is 0.343. The molecule has 0 heterocycles. The van der Waals surface area contributed by atoms with Gasteiger partial charge in [-0.1, -0.05) is 13.3 Å². The Bertz CT molecular complexity index is 274. The smallest absolute Gasteiger partial charge is 0.389 e. The van der Waals surface area contributed by atoms with Gasteiger partial charge in [0.1, 0.15) is 0 Å². The lowest BCUT2D eigenvalue weighted by molar-refractivity contribution is -0.138. The monoisotopic (exact) mass is 297 g/mol. The first kappa shape index (κ1) is 17.7. The minimum Gasteiger partial charge on any atom is -0.394 e. The highest BCUT2D eigenvalue weighted by Crippen LogP contribution is 2.37. The van der Waals surface area contributed by atoms with Crippen molar-refractivity contribution < 1.29 is 23.0 Å². The maximum atomic E-state index is 12.0. The van der Waals surface area contributed by atoms with E-state index in [-0.39, 0.29) is 25.2 Å². The number of ether oxygens (including phenoxy) is 1. The average molecular weight is 297 g/mol. The first-order chi connectivity index (χ1) is 9.43. The molecule has 0 spiro atoms. The molecule has 2 atom stereocenters. The quantitative estimate of drug-likeness (QED) is 0.643. The van der Waals surface area contributed by atoms with Gasteiger partial charge in [0.25, 0.3) is 0 Å². The van der Waals surface area contributed by atoms with Crippen LogP contribution >= 0.6 is 0 Å². The minimum atomic E-state index is -4.09. The van der Waals surface area contributed by atoms with Crippen molar-refractivity contribution in [2.45, 2.75) is 57.2 Å². The van der Waals surface area contributed by atoms with Crippen molar-refractivity contribution >= 4 is 0 Å². The zero-order valence-corrected chi connectivity index (χ0v) is 12.1. The number of hydrogen-bond acceptors (Lipinski definition) is 3. The summed E-state index contributed by atoms with van der Waals surface area (Å²) in [6, 6.07) is 0. The molecule has 1 rings (SSSR count). The molecule has 0 amide bonds. The van der Waals surface area contributed by atoms with Crippen LogP contribution in [0.4, 0.5) is 13.2 Å². The zero-order chi connectivity index (χ0) is 15.1. The van der Waals surface area contributed by atoms with Crippen LogP contribution in [0.1, 0.15) is 45.4 Å². The predicted octanol–water partition coefficient (Wildman–Crippen LogP) is 2.88. The third-order valence-corrected chi connectivity index (χ3v) is 4.13. The Balaban J connectivity index is 2.20. The lowest BCUT2D eigenvalue weighted by atomic mass is 9.85. The first-order valence-electron chi connectivity index (χ1n) is 7.44. The molecule has 0 saturated heterocycles. The Morgan fingerprint density at radius 3 is 2.70 bits per heavy atom. The van der Waals surface area contributed by atoms with Crippen LogP contribution in [-0.4, -0.2) is 43.2 Å². The molecule has 1 aliphatic rings. The van der Waals surface area contributed by atoms with Crippen molar-refractivity contribution in [1.29, 1.82) is 0 Å². The number of likely N-dealkylation sites (N-methyl/N-ethyl adjacent to an activating group) is 1. The molecular formula is C14H26F3NO2. The maximum absolute atomic E-state index is 12.0. The molecule has 2 unspecified atom stereocenters. The van der Waals surface area contributed by atoms with Gasteiger partial charge in [0.05, 0.1) is 6.61 Å². The second-order valence-corrected chi connectivity index (χ2v) is 5.55. The van der Waals surface area contributed by atoms with Crippen LogP contribution in [0.5, 0.6) is 0 Å². The summed E-state index contributed by atoms with van der Waals surface area (Å²) in [6.45, 7) is 3.55. The third kappa shape index (κ3) is 5.58. The van der Waals surface area contributed by atoms with Crippen LogP contribution in [0.25, 0.3) is 0 Å². The van der Waals surface area contributed by atoms with E-state index in [2.05, 4.69) is 5.32 Å². The summed E-state index contributed by atoms with van der Waals surface area (Å²) in [5.41, 5.74) is -0.218. The number of alkyl halides is 3. The molecule has 0 aromatic rings. The Hall–Kier alpha value is -0.330. The predicted molar refractivity (Wildman–Crippen MR) is 71.6 cm³/mol. The van der Waals surface area contributed by atoms with E-state index in [1.165, 1.54) is 0 Å². The summed E-state index contributed by atoms with van der Waals surface area (Å²) in [4.78, 5) is 0. The van der Waals surface area contributed by atoms with Gasteiger partial charge in [-0.25, -0.2) is 0 Å². The van der Waals surface area contributed by atoms with Crippen LogP contribution in [0, 0.1) is 5.92 Å². The van der Waals surface area contributed by atoms with Gasteiger partial charge in [-0.3, -0.25) is 0 Å². The van der Waals surface area contributed by atoms with E-state index in [0.29, 0.717) is 12.5 Å². The van der Waals surface area contributed by atoms with E-state index < -0.39 is 12.6 Å². The molecule has 1 saturated carbocycles. The molecule has 3 nitrogen and oxygen atoms in total. The molecule has 6 heteroatoms. The Morgan fingerprint density at radius 2 is 2.10 bits per heavy atom. The fourth-order valence-electron chi connectivity index (χ4n) is 3.12. The highest BCUT2D eigenvalue weighted by Gasteiger charge is 2.41. The molecular weight excluding hydrogens is 271 g/mol. The van der Waals surface area contributed by atoms with Gasteiger partial charge >= 0.3 is 6.18 Å². The van der Waals surface area contributed by atoms with E-state index in [1.54, 1.807) is 0 Å². The standard InChI is InChI=1S/C14H26F3NO2/c1-2-18-13(11-19)7-3-5-12(13)6-10-20-9-4-8-14(15,16)17/h12,18-19H,2-11H2,1H3. The van der Waals surface area contributed by atoms with Gasteiger partial charge in [-0.15, -0.1) is 0 Å². The number of halogens is 3. The van der Waals surface area contributed by atoms with Crippen molar-refractivity contribution in [1.82, 2.24) is 5.32 Å². The molecule has 1 aliphatic carbocycles. The molecule has 0 aromatic carbocycles. The summed E-state index contributed by atoms with van der Waals surface area (Å²) < 4.78 is 41.2. The van der Waals surface area contributed by atoms with Gasteiger partial charge in [-0.2, -0.15) is 13.2 Å². The molecule has 0 bridgehead atoms. The molecule has 1 fully saturated rings. The van der Waals surface area contributed by atoms with Gasteiger partial charge in [-0.05, 0) is 38.1 Å². The lowest BCUT2D eigenvalue weighted by Gasteiger charge is -2.34. The molecule has 120 valence electrons. The average Bonchev–Trinajstić information content (AvgIpc) is 2.76. The van der Waals surface area contributed by atoms with Crippen molar-refractivity contribution in [2.24, 2.45) is 5.92 Å². The fourth-order valence-corrected chi connectivity index (χ4v) is 3.12. The van der Waals surface area contributed by atoms with Crippen LogP contribution in [0.2, 0.25) is 0 Å². The van der Waals surface area contributed by atoms with E-state index >= 15 is 0 Å². The van der Waals surface area contributed by atoms with Crippen molar-refractivity contribution in [2.75, 3.05) is 26.4 Å². The number of rotatable bonds is 9. The van der Waals surface area contributed by atoms with Gasteiger partial charge in [0, 0.05) is 25.2 Å². The summed E-state index contributed by atoms with van der Waals surface area (Å²) >= 11 is 0. The van der Waals surface area contributed by atoms with Gasteiger partial charge < -0.3 is 15.2 Å². The molecule has 2 N–H and O–H groups in total. The highest BCUT2D eigenvalue weighted by atomic mass is 19.4. The van der Waals surface area contributed by atoms with E-state index in [9.17, 15) is 18.3 Å². The summed E-state index contributed by atoms with van der Waals surface area (Å²) in [5, 5.41) is 13.0. The fraction of sp³-hybridized carbons (Fsp3) is 1.00. The highest BCUT2D eigenvalue weighted by molar-refractivity contribution is 4.98. The van der Waals surface area contributed by atoms with Crippen molar-refractivity contribution in [3.05, 3.63) is 0 Å². The maximum Gasteiger partial charge on any atom is 0.389 e. The lowest BCUT2D eigenvalue weighted by Crippen LogP contribution is -2.51. The topological polar surface area (TPSA) is 41.5 Å². The molecule has 0 aromatic heterocycles. The van der Waals surface area contributed by atoms with Crippen molar-refractivity contribution in [3.8, 4) is 0 Å². The summed E-state index contributed by atoms with van der Waals surface area (Å²) in [7, 11) is 0. The number of aliphatic hydroxyl groups is 1. The zero-order valence-electron chi connectivity index (χ0n) is 12.1. The number of aliphatic hydroxyl groups excluding tert-OH is 1. The normalized spacial score (nSPS) is 27.1. The number of hydrogen-bond donors (Lipinski definition) is 2. The van der Waals surface area contributed by atoms with Crippen LogP contribution in [0.15, 0.2) is 0 Å². The van der Waals surface area contributed by atoms with Gasteiger partial charge in [0.2, 0.25) is 0 Å². The van der Waals surface area contributed by atoms with Crippen LogP contribution in [-0.2, 0) is 4.74 Å². The van der Waals surface area contributed by atoms with Gasteiger partial charge in [0.15, 0.2) is 0 Å². The Kier molecular flexibility index (Phi) is 7.26. The van der Waals surface area contributed by atoms with E-state index in [1.807, 2.05) is 6.92 Å². The van der Waals surface area contributed by atoms with Crippen LogP contribution < -0.4 is 5.32 Å². The number of nitrogens with one attached hydrogen (secondary N) is 1. The minimum absolute atomic E-state index is 0.0204. The SMILES string of the molecule is CCNC1(CO)CCCC1CCOCCCC(F)(F)F. The molecule has 0 aliphatic heterocycles. The second-order valence-electron chi connectivity index (χ2n) is 5.55. The van der Waals surface area contributed by atoms with E-state index in [0.717, 1.165) is 32.2 Å². The molecule has 20 heavy (non-hydrogen) atoms.